The summed E-state index contributed by atoms with van der Waals surface area (Å²) < 4.78 is 19.0. The van der Waals surface area contributed by atoms with Crippen molar-refractivity contribution in [2.45, 2.75) is 6.92 Å². The van der Waals surface area contributed by atoms with Crippen molar-refractivity contribution in [3.05, 3.63) is 48.0 Å². The van der Waals surface area contributed by atoms with Gasteiger partial charge in [0.1, 0.15) is 11.6 Å². The molecule has 1 atom stereocenters. The van der Waals surface area contributed by atoms with Gasteiger partial charge in [-0.2, -0.15) is 0 Å². The molecule has 2 aromatic rings. The van der Waals surface area contributed by atoms with Crippen LogP contribution in [-0.2, 0) is 0 Å². The molecule has 1 amide bonds. The van der Waals surface area contributed by atoms with Crippen molar-refractivity contribution >= 4 is 5.91 Å². The van der Waals surface area contributed by atoms with Crippen LogP contribution in [0.15, 0.2) is 40.8 Å². The molecule has 1 aromatic carbocycles. The zero-order valence-electron chi connectivity index (χ0n) is 11.2. The van der Waals surface area contributed by atoms with Crippen molar-refractivity contribution in [2.24, 2.45) is 11.7 Å². The van der Waals surface area contributed by atoms with E-state index in [-0.39, 0.29) is 23.4 Å². The lowest BCUT2D eigenvalue weighted by Crippen LogP contribution is -2.30. The quantitative estimate of drug-likeness (QED) is 0.881. The van der Waals surface area contributed by atoms with Gasteiger partial charge in [0.2, 0.25) is 0 Å². The van der Waals surface area contributed by atoms with Gasteiger partial charge < -0.3 is 15.5 Å². The molecule has 1 aromatic heterocycles. The third-order valence-corrected chi connectivity index (χ3v) is 2.98. The fourth-order valence-corrected chi connectivity index (χ4v) is 1.70. The Morgan fingerprint density at radius 2 is 2.10 bits per heavy atom. The maximum absolute atomic E-state index is 13.6. The topological polar surface area (TPSA) is 68.3 Å². The predicted molar refractivity (Wildman–Crippen MR) is 74.7 cm³/mol. The van der Waals surface area contributed by atoms with E-state index in [1.807, 2.05) is 6.92 Å². The van der Waals surface area contributed by atoms with Crippen LogP contribution in [0.3, 0.4) is 0 Å². The van der Waals surface area contributed by atoms with E-state index in [0.29, 0.717) is 24.4 Å². The largest absolute Gasteiger partial charge is 0.451 e. The molecule has 0 spiro atoms. The molecule has 4 nitrogen and oxygen atoms in total. The number of carbonyl (C=O) groups is 1. The zero-order valence-corrected chi connectivity index (χ0v) is 11.2. The summed E-state index contributed by atoms with van der Waals surface area (Å²) in [5.74, 6) is -0.0222. The van der Waals surface area contributed by atoms with Crippen LogP contribution >= 0.6 is 0 Å². The van der Waals surface area contributed by atoms with E-state index in [1.54, 1.807) is 24.3 Å². The molecule has 0 saturated carbocycles. The first-order chi connectivity index (χ1) is 9.61. The second-order valence-corrected chi connectivity index (χ2v) is 4.69. The minimum Gasteiger partial charge on any atom is -0.451 e. The third kappa shape index (κ3) is 3.24. The number of hydrogen-bond acceptors (Lipinski definition) is 3. The van der Waals surface area contributed by atoms with E-state index in [1.165, 1.54) is 12.1 Å². The molecule has 106 valence electrons. The highest BCUT2D eigenvalue weighted by Gasteiger charge is 2.14. The summed E-state index contributed by atoms with van der Waals surface area (Å²) in [7, 11) is 0. The summed E-state index contributed by atoms with van der Waals surface area (Å²) in [5, 5.41) is 2.72. The Morgan fingerprint density at radius 1 is 1.35 bits per heavy atom. The molecule has 3 N–H and O–H groups in total. The van der Waals surface area contributed by atoms with Crippen molar-refractivity contribution in [3.63, 3.8) is 0 Å². The van der Waals surface area contributed by atoms with Crippen molar-refractivity contribution in [1.29, 1.82) is 0 Å². The normalized spacial score (nSPS) is 12.2. The Kier molecular flexibility index (Phi) is 4.53. The van der Waals surface area contributed by atoms with Crippen molar-refractivity contribution in [3.8, 4) is 11.3 Å². The van der Waals surface area contributed by atoms with Crippen LogP contribution in [0.2, 0.25) is 0 Å². The third-order valence-electron chi connectivity index (χ3n) is 2.98. The summed E-state index contributed by atoms with van der Waals surface area (Å²) in [4.78, 5) is 11.9. The molecule has 1 heterocycles. The monoisotopic (exact) mass is 276 g/mol. The van der Waals surface area contributed by atoms with Crippen molar-refractivity contribution in [2.75, 3.05) is 13.1 Å². The van der Waals surface area contributed by atoms with E-state index in [2.05, 4.69) is 5.32 Å². The molecule has 0 radical (unpaired) electrons. The molecule has 5 heteroatoms. The van der Waals surface area contributed by atoms with Crippen LogP contribution in [0, 0.1) is 11.7 Å². The molecule has 0 saturated heterocycles. The molecule has 0 fully saturated rings. The van der Waals surface area contributed by atoms with Gasteiger partial charge in [-0.15, -0.1) is 0 Å². The van der Waals surface area contributed by atoms with Gasteiger partial charge in [0.15, 0.2) is 5.76 Å². The molecule has 0 bridgehead atoms. The molecule has 0 aliphatic carbocycles. The number of nitrogens with two attached hydrogens (primary N) is 1. The second kappa shape index (κ2) is 6.34. The first kappa shape index (κ1) is 14.3. The van der Waals surface area contributed by atoms with Gasteiger partial charge >= 0.3 is 0 Å². The summed E-state index contributed by atoms with van der Waals surface area (Å²) in [6.07, 6.45) is 0. The molecular formula is C15H17FN2O2. The van der Waals surface area contributed by atoms with E-state index in [4.69, 9.17) is 10.2 Å². The van der Waals surface area contributed by atoms with Crippen LogP contribution in [0.4, 0.5) is 4.39 Å². The van der Waals surface area contributed by atoms with Crippen molar-refractivity contribution in [1.82, 2.24) is 5.32 Å². The van der Waals surface area contributed by atoms with E-state index in [0.717, 1.165) is 0 Å². The summed E-state index contributed by atoms with van der Waals surface area (Å²) in [6.45, 7) is 2.91. The number of halogens is 1. The summed E-state index contributed by atoms with van der Waals surface area (Å²) in [5.41, 5.74) is 5.81. The highest BCUT2D eigenvalue weighted by molar-refractivity contribution is 5.92. The highest BCUT2D eigenvalue weighted by atomic mass is 19.1. The Morgan fingerprint density at radius 3 is 2.80 bits per heavy atom. The maximum atomic E-state index is 13.6. The van der Waals surface area contributed by atoms with Crippen LogP contribution in [0.1, 0.15) is 17.5 Å². The first-order valence-corrected chi connectivity index (χ1v) is 6.45. The number of carbonyl (C=O) groups excluding carboxylic acids is 1. The summed E-state index contributed by atoms with van der Waals surface area (Å²) >= 11 is 0. The van der Waals surface area contributed by atoms with Crippen LogP contribution in [0.25, 0.3) is 11.3 Å². The summed E-state index contributed by atoms with van der Waals surface area (Å²) in [6, 6.07) is 9.38. The fraction of sp³-hybridized carbons (Fsp3) is 0.267. The number of amides is 1. The minimum absolute atomic E-state index is 0.160. The number of rotatable bonds is 5. The SMILES string of the molecule is CC(CN)CNC(=O)c1ccc(-c2ccccc2F)o1. The fourth-order valence-electron chi connectivity index (χ4n) is 1.70. The standard InChI is InChI=1S/C15H17FN2O2/c1-10(8-17)9-18-15(19)14-7-6-13(20-14)11-4-2-3-5-12(11)16/h2-7,10H,8-9,17H2,1H3,(H,18,19). The average molecular weight is 276 g/mol. The number of furan rings is 1. The lowest BCUT2D eigenvalue weighted by molar-refractivity contribution is 0.0921. The molecule has 1 unspecified atom stereocenters. The van der Waals surface area contributed by atoms with Gasteiger partial charge in [0.25, 0.3) is 5.91 Å². The Labute approximate surface area is 116 Å². The average Bonchev–Trinajstić information content (AvgIpc) is 2.94. The van der Waals surface area contributed by atoms with Crippen LogP contribution in [-0.4, -0.2) is 19.0 Å². The Bertz CT molecular complexity index is 595. The maximum Gasteiger partial charge on any atom is 0.287 e. The van der Waals surface area contributed by atoms with E-state index >= 15 is 0 Å². The van der Waals surface area contributed by atoms with E-state index in [9.17, 15) is 9.18 Å². The molecule has 0 aliphatic rings. The molecular weight excluding hydrogens is 259 g/mol. The molecule has 0 aliphatic heterocycles. The van der Waals surface area contributed by atoms with Crippen LogP contribution < -0.4 is 11.1 Å². The Balaban J connectivity index is 2.09. The lowest BCUT2D eigenvalue weighted by Gasteiger charge is -2.08. The second-order valence-electron chi connectivity index (χ2n) is 4.69. The van der Waals surface area contributed by atoms with Crippen LogP contribution in [0.5, 0.6) is 0 Å². The van der Waals surface area contributed by atoms with Gasteiger partial charge in [0, 0.05) is 6.54 Å². The first-order valence-electron chi connectivity index (χ1n) is 6.45. The molecule has 20 heavy (non-hydrogen) atoms. The van der Waals surface area contributed by atoms with Gasteiger partial charge in [-0.3, -0.25) is 4.79 Å². The minimum atomic E-state index is -0.384. The van der Waals surface area contributed by atoms with Crippen molar-refractivity contribution < 1.29 is 13.6 Å². The lowest BCUT2D eigenvalue weighted by atomic mass is 10.1. The van der Waals surface area contributed by atoms with Gasteiger partial charge in [0.05, 0.1) is 5.56 Å². The number of hydrogen-bond donors (Lipinski definition) is 2. The number of nitrogens with one attached hydrogen (secondary N) is 1. The smallest absolute Gasteiger partial charge is 0.287 e. The predicted octanol–water partition coefficient (Wildman–Crippen LogP) is 2.41. The van der Waals surface area contributed by atoms with Gasteiger partial charge in [-0.1, -0.05) is 19.1 Å². The number of benzene rings is 1. The highest BCUT2D eigenvalue weighted by Crippen LogP contribution is 2.24. The Hall–Kier alpha value is -2.14. The van der Waals surface area contributed by atoms with Gasteiger partial charge in [-0.25, -0.2) is 4.39 Å². The zero-order chi connectivity index (χ0) is 14.5. The van der Waals surface area contributed by atoms with E-state index < -0.39 is 0 Å². The van der Waals surface area contributed by atoms with Gasteiger partial charge in [-0.05, 0) is 36.7 Å². The molecule has 2 rings (SSSR count).